The van der Waals surface area contributed by atoms with Crippen molar-refractivity contribution < 1.29 is 19.1 Å². The SMILES string of the molecule is CCOC(=O)Nc1ccc2c(c1)N(C(=O)CN1CCOCC1)c1ccccc1CC2.Cl. The number of fused-ring (bicyclic) bond motifs is 2. The van der Waals surface area contributed by atoms with Crippen LogP contribution in [0.15, 0.2) is 42.5 Å². The van der Waals surface area contributed by atoms with Gasteiger partial charge in [0.05, 0.1) is 37.7 Å². The molecular formula is C23H28ClN3O4. The minimum atomic E-state index is -0.502. The molecule has 0 unspecified atom stereocenters. The summed E-state index contributed by atoms with van der Waals surface area (Å²) in [7, 11) is 0. The van der Waals surface area contributed by atoms with E-state index in [-0.39, 0.29) is 18.3 Å². The average molecular weight is 446 g/mol. The lowest BCUT2D eigenvalue weighted by Crippen LogP contribution is -2.43. The Morgan fingerprint density at radius 2 is 1.74 bits per heavy atom. The van der Waals surface area contributed by atoms with E-state index < -0.39 is 6.09 Å². The number of aryl methyl sites for hydroxylation is 2. The number of nitrogens with one attached hydrogen (secondary N) is 1. The van der Waals surface area contributed by atoms with Gasteiger partial charge in [-0.25, -0.2) is 4.79 Å². The van der Waals surface area contributed by atoms with Crippen LogP contribution >= 0.6 is 12.4 Å². The van der Waals surface area contributed by atoms with Crippen LogP contribution < -0.4 is 10.2 Å². The monoisotopic (exact) mass is 445 g/mol. The van der Waals surface area contributed by atoms with Gasteiger partial charge in [-0.3, -0.25) is 19.9 Å². The van der Waals surface area contributed by atoms with Crippen LogP contribution in [0.3, 0.4) is 0 Å². The predicted molar refractivity (Wildman–Crippen MR) is 123 cm³/mol. The number of benzene rings is 2. The van der Waals surface area contributed by atoms with Crippen LogP contribution in [0, 0.1) is 0 Å². The van der Waals surface area contributed by atoms with E-state index >= 15 is 0 Å². The molecule has 1 saturated heterocycles. The Morgan fingerprint density at radius 3 is 2.48 bits per heavy atom. The fourth-order valence-electron chi connectivity index (χ4n) is 3.98. The topological polar surface area (TPSA) is 71.1 Å². The molecule has 1 N–H and O–H groups in total. The van der Waals surface area contributed by atoms with Crippen molar-refractivity contribution in [2.24, 2.45) is 0 Å². The van der Waals surface area contributed by atoms with E-state index in [0.29, 0.717) is 32.1 Å². The van der Waals surface area contributed by atoms with Crippen molar-refractivity contribution in [2.45, 2.75) is 19.8 Å². The summed E-state index contributed by atoms with van der Waals surface area (Å²) in [5, 5.41) is 2.75. The number of ether oxygens (including phenoxy) is 2. The van der Waals surface area contributed by atoms with E-state index in [4.69, 9.17) is 9.47 Å². The first kappa shape index (κ1) is 23.1. The number of anilines is 3. The van der Waals surface area contributed by atoms with Crippen molar-refractivity contribution in [3.63, 3.8) is 0 Å². The number of carbonyl (C=O) groups excluding carboxylic acids is 2. The Morgan fingerprint density at radius 1 is 1.03 bits per heavy atom. The molecule has 1 fully saturated rings. The normalized spacial score (nSPS) is 15.7. The summed E-state index contributed by atoms with van der Waals surface area (Å²) in [5.41, 5.74) is 4.55. The molecule has 0 saturated carbocycles. The summed E-state index contributed by atoms with van der Waals surface area (Å²) < 4.78 is 10.4. The molecule has 0 aliphatic carbocycles. The zero-order valence-electron chi connectivity index (χ0n) is 17.6. The fourth-order valence-corrected chi connectivity index (χ4v) is 3.98. The number of para-hydroxylation sites is 1. The minimum absolute atomic E-state index is 0. The third-order valence-electron chi connectivity index (χ3n) is 5.46. The van der Waals surface area contributed by atoms with E-state index in [9.17, 15) is 9.59 Å². The van der Waals surface area contributed by atoms with Gasteiger partial charge in [-0.1, -0.05) is 24.3 Å². The highest BCUT2D eigenvalue weighted by Crippen LogP contribution is 2.37. The van der Waals surface area contributed by atoms with Gasteiger partial charge in [0.1, 0.15) is 0 Å². The van der Waals surface area contributed by atoms with Crippen molar-refractivity contribution in [3.05, 3.63) is 53.6 Å². The summed E-state index contributed by atoms with van der Waals surface area (Å²) in [5.74, 6) is 0.0146. The maximum absolute atomic E-state index is 13.5. The number of halogens is 1. The van der Waals surface area contributed by atoms with Crippen LogP contribution in [-0.4, -0.2) is 56.4 Å². The molecule has 2 heterocycles. The summed E-state index contributed by atoms with van der Waals surface area (Å²) in [6, 6.07) is 13.7. The number of amides is 2. The molecule has 2 aliphatic heterocycles. The largest absolute Gasteiger partial charge is 0.450 e. The van der Waals surface area contributed by atoms with Gasteiger partial charge < -0.3 is 9.47 Å². The second-order valence-electron chi connectivity index (χ2n) is 7.44. The third-order valence-corrected chi connectivity index (χ3v) is 5.46. The van der Waals surface area contributed by atoms with Crippen LogP contribution in [0.5, 0.6) is 0 Å². The third kappa shape index (κ3) is 5.36. The van der Waals surface area contributed by atoms with Crippen LogP contribution in [0.4, 0.5) is 21.9 Å². The Hall–Kier alpha value is -2.61. The molecule has 7 nitrogen and oxygen atoms in total. The van der Waals surface area contributed by atoms with Crippen LogP contribution in [0.1, 0.15) is 18.1 Å². The first-order valence-corrected chi connectivity index (χ1v) is 10.4. The van der Waals surface area contributed by atoms with Gasteiger partial charge in [-0.05, 0) is 49.1 Å². The van der Waals surface area contributed by atoms with Crippen molar-refractivity contribution in [1.29, 1.82) is 0 Å². The second kappa shape index (κ2) is 10.6. The number of hydrogen-bond acceptors (Lipinski definition) is 5. The zero-order chi connectivity index (χ0) is 20.9. The quantitative estimate of drug-likeness (QED) is 0.775. The molecule has 2 aromatic carbocycles. The maximum Gasteiger partial charge on any atom is 0.411 e. The molecule has 31 heavy (non-hydrogen) atoms. The predicted octanol–water partition coefficient (Wildman–Crippen LogP) is 3.77. The molecular weight excluding hydrogens is 418 g/mol. The number of nitrogens with zero attached hydrogens (tertiary/aromatic N) is 2. The van der Waals surface area contributed by atoms with Crippen molar-refractivity contribution in [3.8, 4) is 0 Å². The van der Waals surface area contributed by atoms with Crippen LogP contribution in [-0.2, 0) is 27.1 Å². The molecule has 0 spiro atoms. The molecule has 0 radical (unpaired) electrons. The molecule has 8 heteroatoms. The zero-order valence-corrected chi connectivity index (χ0v) is 18.5. The first-order valence-electron chi connectivity index (χ1n) is 10.4. The summed E-state index contributed by atoms with van der Waals surface area (Å²) in [6.07, 6.45) is 1.18. The molecule has 0 bridgehead atoms. The lowest BCUT2D eigenvalue weighted by molar-refractivity contribution is -0.120. The van der Waals surface area contributed by atoms with Gasteiger partial charge in [-0.2, -0.15) is 0 Å². The Kier molecular flexibility index (Phi) is 7.90. The number of hydrogen-bond donors (Lipinski definition) is 1. The van der Waals surface area contributed by atoms with E-state index in [1.807, 2.05) is 41.3 Å². The first-order chi connectivity index (χ1) is 14.7. The van der Waals surface area contributed by atoms with Gasteiger partial charge in [-0.15, -0.1) is 12.4 Å². The molecule has 166 valence electrons. The maximum atomic E-state index is 13.5. The molecule has 4 rings (SSSR count). The minimum Gasteiger partial charge on any atom is -0.450 e. The molecule has 0 aromatic heterocycles. The van der Waals surface area contributed by atoms with Crippen molar-refractivity contribution in [2.75, 3.05) is 49.7 Å². The number of rotatable bonds is 4. The van der Waals surface area contributed by atoms with Crippen molar-refractivity contribution >= 4 is 41.5 Å². The van der Waals surface area contributed by atoms with Crippen LogP contribution in [0.2, 0.25) is 0 Å². The van der Waals surface area contributed by atoms with Gasteiger partial charge in [0.15, 0.2) is 0 Å². The lowest BCUT2D eigenvalue weighted by Gasteiger charge is -2.30. The van der Waals surface area contributed by atoms with E-state index in [0.717, 1.165) is 48.4 Å². The highest BCUT2D eigenvalue weighted by Gasteiger charge is 2.28. The second-order valence-corrected chi connectivity index (χ2v) is 7.44. The number of carbonyl (C=O) groups is 2. The average Bonchev–Trinajstić information content (AvgIpc) is 2.91. The molecule has 0 atom stereocenters. The number of morpholine rings is 1. The molecule has 2 aromatic rings. The van der Waals surface area contributed by atoms with Gasteiger partial charge in [0.2, 0.25) is 5.91 Å². The summed E-state index contributed by atoms with van der Waals surface area (Å²) in [6.45, 7) is 5.18. The van der Waals surface area contributed by atoms with E-state index in [2.05, 4.69) is 16.3 Å². The summed E-state index contributed by atoms with van der Waals surface area (Å²) in [4.78, 5) is 29.3. The molecule has 2 aliphatic rings. The standard InChI is InChI=1S/C23H27N3O4.ClH/c1-2-30-23(28)24-19-10-9-18-8-7-17-5-3-4-6-20(17)26(21(18)15-19)22(27)16-25-11-13-29-14-12-25;/h3-6,9-10,15H,2,7-8,11-14,16H2,1H3,(H,24,28);1H. The van der Waals surface area contributed by atoms with E-state index in [1.54, 1.807) is 6.92 Å². The van der Waals surface area contributed by atoms with Crippen LogP contribution in [0.25, 0.3) is 0 Å². The van der Waals surface area contributed by atoms with Gasteiger partial charge in [0, 0.05) is 18.8 Å². The highest BCUT2D eigenvalue weighted by atomic mass is 35.5. The Balaban J connectivity index is 0.00000272. The summed E-state index contributed by atoms with van der Waals surface area (Å²) >= 11 is 0. The van der Waals surface area contributed by atoms with E-state index in [1.165, 1.54) is 0 Å². The fraction of sp³-hybridized carbons (Fsp3) is 0.391. The van der Waals surface area contributed by atoms with Gasteiger partial charge >= 0.3 is 6.09 Å². The molecule has 2 amide bonds. The van der Waals surface area contributed by atoms with Gasteiger partial charge in [0.25, 0.3) is 0 Å². The Labute approximate surface area is 188 Å². The smallest absolute Gasteiger partial charge is 0.411 e. The van der Waals surface area contributed by atoms with Crippen molar-refractivity contribution in [1.82, 2.24) is 4.90 Å². The highest BCUT2D eigenvalue weighted by molar-refractivity contribution is 6.04. The lowest BCUT2D eigenvalue weighted by atomic mass is 10.0. The Bertz CT molecular complexity index is 931.